The predicted molar refractivity (Wildman–Crippen MR) is 125 cm³/mol. The number of thioether (sulfide) groups is 1. The normalized spacial score (nSPS) is 10.8. The van der Waals surface area contributed by atoms with Crippen LogP contribution in [0.5, 0.6) is 0 Å². The second-order valence-electron chi connectivity index (χ2n) is 6.75. The third-order valence-electron chi connectivity index (χ3n) is 4.49. The average molecular weight is 452 g/mol. The minimum atomic E-state index is -0.471. The average Bonchev–Trinajstić information content (AvgIpc) is 3.16. The summed E-state index contributed by atoms with van der Waals surface area (Å²) < 4.78 is 15.3. The summed E-state index contributed by atoms with van der Waals surface area (Å²) in [6.45, 7) is 1.90. The first-order valence-electron chi connectivity index (χ1n) is 9.44. The number of benzene rings is 3. The topological polar surface area (TPSA) is 71.1 Å². The molecule has 0 atom stereocenters. The van der Waals surface area contributed by atoms with E-state index in [4.69, 9.17) is 0 Å². The van der Waals surface area contributed by atoms with Gasteiger partial charge in [0.15, 0.2) is 4.34 Å². The Morgan fingerprint density at radius 1 is 1.03 bits per heavy atom. The summed E-state index contributed by atoms with van der Waals surface area (Å²) in [6, 6.07) is 19.0. The number of hydrogen-bond donors (Lipinski definition) is 2. The number of amides is 2. The van der Waals surface area contributed by atoms with Gasteiger partial charge in [-0.2, -0.15) is 0 Å². The Kier molecular flexibility index (Phi) is 6.29. The molecule has 0 aliphatic heterocycles. The van der Waals surface area contributed by atoms with E-state index in [0.717, 1.165) is 20.1 Å². The molecule has 0 radical (unpaired) electrons. The summed E-state index contributed by atoms with van der Waals surface area (Å²) in [6.07, 6.45) is 0. The van der Waals surface area contributed by atoms with Crippen molar-refractivity contribution in [2.45, 2.75) is 11.3 Å². The molecule has 1 heterocycles. The molecule has 8 heteroatoms. The number of para-hydroxylation sites is 1. The molecule has 0 saturated carbocycles. The molecule has 0 saturated heterocycles. The highest BCUT2D eigenvalue weighted by Crippen LogP contribution is 2.31. The molecule has 4 aromatic rings. The van der Waals surface area contributed by atoms with E-state index in [9.17, 15) is 14.0 Å². The van der Waals surface area contributed by atoms with Gasteiger partial charge in [-0.1, -0.05) is 42.1 Å². The van der Waals surface area contributed by atoms with Gasteiger partial charge in [-0.3, -0.25) is 9.59 Å². The van der Waals surface area contributed by atoms with Crippen molar-refractivity contribution in [1.82, 2.24) is 4.98 Å². The van der Waals surface area contributed by atoms with Crippen molar-refractivity contribution >= 4 is 56.5 Å². The van der Waals surface area contributed by atoms with Gasteiger partial charge >= 0.3 is 0 Å². The van der Waals surface area contributed by atoms with Gasteiger partial charge in [0.05, 0.1) is 21.7 Å². The van der Waals surface area contributed by atoms with Crippen LogP contribution in [-0.4, -0.2) is 22.6 Å². The van der Waals surface area contributed by atoms with Gasteiger partial charge in [-0.25, -0.2) is 9.37 Å². The summed E-state index contributed by atoms with van der Waals surface area (Å²) in [5.41, 5.74) is 3.16. The predicted octanol–water partition coefficient (Wildman–Crippen LogP) is 5.73. The molecule has 3 aromatic carbocycles. The van der Waals surface area contributed by atoms with Crippen molar-refractivity contribution in [1.29, 1.82) is 0 Å². The Labute approximate surface area is 186 Å². The van der Waals surface area contributed by atoms with E-state index >= 15 is 0 Å². The fraction of sp³-hybridized carbons (Fsp3) is 0.0870. The smallest absolute Gasteiger partial charge is 0.255 e. The second-order valence-corrected chi connectivity index (χ2v) is 9.00. The maximum Gasteiger partial charge on any atom is 0.255 e. The third-order valence-corrected chi connectivity index (χ3v) is 6.65. The number of nitrogens with one attached hydrogen (secondary N) is 2. The van der Waals surface area contributed by atoms with Crippen molar-refractivity contribution in [3.05, 3.63) is 83.7 Å². The van der Waals surface area contributed by atoms with Crippen LogP contribution < -0.4 is 10.6 Å². The molecule has 2 amide bonds. The van der Waals surface area contributed by atoms with Crippen molar-refractivity contribution in [2.75, 3.05) is 16.4 Å². The summed E-state index contributed by atoms with van der Waals surface area (Å²) in [4.78, 5) is 29.2. The molecule has 0 spiro atoms. The highest BCUT2D eigenvalue weighted by molar-refractivity contribution is 8.01. The van der Waals surface area contributed by atoms with Gasteiger partial charge in [0.1, 0.15) is 5.82 Å². The number of thiazole rings is 1. The van der Waals surface area contributed by atoms with E-state index in [1.165, 1.54) is 35.2 Å². The Morgan fingerprint density at radius 3 is 2.61 bits per heavy atom. The first-order valence-corrected chi connectivity index (χ1v) is 11.2. The number of aromatic nitrogens is 1. The van der Waals surface area contributed by atoms with Gasteiger partial charge < -0.3 is 10.6 Å². The fourth-order valence-electron chi connectivity index (χ4n) is 2.95. The third kappa shape index (κ3) is 5.10. The van der Waals surface area contributed by atoms with Gasteiger partial charge in [0.2, 0.25) is 5.91 Å². The first kappa shape index (κ1) is 21.0. The van der Waals surface area contributed by atoms with Gasteiger partial charge in [-0.15, -0.1) is 11.3 Å². The van der Waals surface area contributed by atoms with E-state index in [2.05, 4.69) is 15.6 Å². The van der Waals surface area contributed by atoms with E-state index in [1.807, 2.05) is 37.3 Å². The van der Waals surface area contributed by atoms with Crippen LogP contribution in [-0.2, 0) is 4.79 Å². The molecule has 1 aromatic heterocycles. The molecule has 4 rings (SSSR count). The van der Waals surface area contributed by atoms with Crippen molar-refractivity contribution < 1.29 is 14.0 Å². The molecule has 0 aliphatic carbocycles. The van der Waals surface area contributed by atoms with E-state index in [-0.39, 0.29) is 23.3 Å². The summed E-state index contributed by atoms with van der Waals surface area (Å²) in [5, 5.41) is 5.48. The zero-order chi connectivity index (χ0) is 21.8. The lowest BCUT2D eigenvalue weighted by molar-refractivity contribution is -0.113. The lowest BCUT2D eigenvalue weighted by Gasteiger charge is -2.07. The summed E-state index contributed by atoms with van der Waals surface area (Å²) in [5.74, 6) is -0.826. The highest BCUT2D eigenvalue weighted by Gasteiger charge is 2.12. The Hall–Kier alpha value is -3.23. The Balaban J connectivity index is 1.40. The highest BCUT2D eigenvalue weighted by atomic mass is 32.2. The largest absolute Gasteiger partial charge is 0.323 e. The zero-order valence-electron chi connectivity index (χ0n) is 16.5. The molecule has 0 aliphatic rings. The number of halogens is 1. The Bertz CT molecular complexity index is 1270. The fourth-order valence-corrected chi connectivity index (χ4v) is 4.85. The molecule has 0 bridgehead atoms. The summed E-state index contributed by atoms with van der Waals surface area (Å²) in [7, 11) is 0. The first-order chi connectivity index (χ1) is 15.0. The maximum atomic E-state index is 13.6. The number of carbonyl (C=O) groups is 2. The lowest BCUT2D eigenvalue weighted by Crippen LogP contribution is -2.14. The molecule has 5 nitrogen and oxygen atoms in total. The minimum Gasteiger partial charge on any atom is -0.323 e. The molecule has 0 fully saturated rings. The molecular weight excluding hydrogens is 433 g/mol. The van der Waals surface area contributed by atoms with Crippen LogP contribution in [0.1, 0.15) is 15.9 Å². The van der Waals surface area contributed by atoms with E-state index in [0.29, 0.717) is 11.3 Å². The number of hydrogen-bond acceptors (Lipinski definition) is 5. The van der Waals surface area contributed by atoms with Crippen LogP contribution in [0.25, 0.3) is 10.2 Å². The minimum absolute atomic E-state index is 0.116. The second kappa shape index (κ2) is 9.28. The van der Waals surface area contributed by atoms with Crippen molar-refractivity contribution in [3.8, 4) is 0 Å². The number of anilines is 2. The van der Waals surface area contributed by atoms with Crippen LogP contribution in [0.15, 0.2) is 71.1 Å². The van der Waals surface area contributed by atoms with Crippen LogP contribution in [0.3, 0.4) is 0 Å². The molecule has 2 N–H and O–H groups in total. The van der Waals surface area contributed by atoms with Gasteiger partial charge in [-0.05, 0) is 48.9 Å². The van der Waals surface area contributed by atoms with Crippen LogP contribution in [0, 0.1) is 12.7 Å². The number of rotatable bonds is 6. The van der Waals surface area contributed by atoms with E-state index in [1.54, 1.807) is 24.3 Å². The van der Waals surface area contributed by atoms with Gasteiger partial charge in [0.25, 0.3) is 5.91 Å². The lowest BCUT2D eigenvalue weighted by atomic mass is 10.1. The quantitative estimate of drug-likeness (QED) is 0.368. The number of nitrogens with zero attached hydrogens (tertiary/aromatic N) is 1. The number of aryl methyl sites for hydroxylation is 1. The number of carbonyl (C=O) groups excluding carboxylic acids is 2. The SMILES string of the molecule is Cc1ccccc1C(=O)Nc1ccc2nc(SCC(=O)Nc3ccccc3F)sc2c1. The monoisotopic (exact) mass is 451 g/mol. The van der Waals surface area contributed by atoms with Crippen LogP contribution >= 0.6 is 23.1 Å². The van der Waals surface area contributed by atoms with E-state index < -0.39 is 5.82 Å². The zero-order valence-corrected chi connectivity index (χ0v) is 18.1. The standard InChI is InChI=1S/C23H18FN3O2S2/c1-14-6-2-3-7-16(14)22(29)25-15-10-11-19-20(12-15)31-23(27-19)30-13-21(28)26-18-9-5-4-8-17(18)24/h2-12H,13H2,1H3,(H,25,29)(H,26,28). The van der Waals surface area contributed by atoms with Crippen LogP contribution in [0.4, 0.5) is 15.8 Å². The maximum absolute atomic E-state index is 13.6. The number of fused-ring (bicyclic) bond motifs is 1. The molecular formula is C23H18FN3O2S2. The summed E-state index contributed by atoms with van der Waals surface area (Å²) >= 11 is 2.72. The molecule has 31 heavy (non-hydrogen) atoms. The van der Waals surface area contributed by atoms with Crippen molar-refractivity contribution in [3.63, 3.8) is 0 Å². The van der Waals surface area contributed by atoms with Crippen LogP contribution in [0.2, 0.25) is 0 Å². The van der Waals surface area contributed by atoms with Gasteiger partial charge in [0, 0.05) is 11.3 Å². The van der Waals surface area contributed by atoms with Crippen molar-refractivity contribution in [2.24, 2.45) is 0 Å². The Morgan fingerprint density at radius 2 is 1.81 bits per heavy atom. The molecule has 156 valence electrons. The molecule has 0 unspecified atom stereocenters.